The normalized spacial score (nSPS) is 56.5. The standard InChI is InChI=1S/C17H28O/c1-15-6-12-7-16(2,9-15)11-17(8-12,10-15)14(18)13-4-3-5-13/h12-14,18H,3-11H2,1-2H3. The van der Waals surface area contributed by atoms with E-state index >= 15 is 0 Å². The molecule has 1 nitrogen and oxygen atoms in total. The van der Waals surface area contributed by atoms with Crippen LogP contribution in [0.1, 0.15) is 71.6 Å². The van der Waals surface area contributed by atoms with Gasteiger partial charge in [0.2, 0.25) is 0 Å². The highest BCUT2D eigenvalue weighted by atomic mass is 16.3. The molecule has 18 heavy (non-hydrogen) atoms. The second-order valence-corrected chi connectivity index (χ2v) is 9.13. The van der Waals surface area contributed by atoms with Gasteiger partial charge in [0.1, 0.15) is 0 Å². The molecule has 5 fully saturated rings. The zero-order chi connectivity index (χ0) is 12.6. The average molecular weight is 248 g/mol. The summed E-state index contributed by atoms with van der Waals surface area (Å²) in [7, 11) is 0. The minimum Gasteiger partial charge on any atom is -0.392 e. The average Bonchev–Trinajstić information content (AvgIpc) is 2.07. The molecule has 0 aliphatic heterocycles. The van der Waals surface area contributed by atoms with Crippen LogP contribution in [0.15, 0.2) is 0 Å². The molecule has 5 rings (SSSR count). The van der Waals surface area contributed by atoms with Gasteiger partial charge in [-0.05, 0) is 79.4 Å². The molecule has 0 saturated heterocycles. The zero-order valence-electron chi connectivity index (χ0n) is 12.0. The van der Waals surface area contributed by atoms with Crippen LogP contribution >= 0.6 is 0 Å². The Balaban J connectivity index is 1.68. The van der Waals surface area contributed by atoms with Crippen LogP contribution in [-0.4, -0.2) is 11.2 Å². The molecule has 0 aromatic rings. The van der Waals surface area contributed by atoms with Gasteiger partial charge in [-0.2, -0.15) is 0 Å². The lowest BCUT2D eigenvalue weighted by atomic mass is 9.38. The Morgan fingerprint density at radius 2 is 1.56 bits per heavy atom. The predicted octanol–water partition coefficient (Wildman–Crippen LogP) is 4.14. The van der Waals surface area contributed by atoms with Crippen LogP contribution in [-0.2, 0) is 0 Å². The minimum atomic E-state index is 0.0216. The Hall–Kier alpha value is -0.0400. The van der Waals surface area contributed by atoms with Crippen LogP contribution in [0.2, 0.25) is 0 Å². The molecule has 3 unspecified atom stereocenters. The van der Waals surface area contributed by atoms with Gasteiger partial charge in [0.25, 0.3) is 0 Å². The Kier molecular flexibility index (Phi) is 2.18. The monoisotopic (exact) mass is 248 g/mol. The van der Waals surface area contributed by atoms with E-state index in [2.05, 4.69) is 13.8 Å². The highest BCUT2D eigenvalue weighted by Gasteiger charge is 2.62. The number of aliphatic hydroxyl groups is 1. The number of rotatable bonds is 2. The fourth-order valence-electron chi connectivity index (χ4n) is 7.12. The van der Waals surface area contributed by atoms with Crippen LogP contribution in [0, 0.1) is 28.1 Å². The first-order valence-electron chi connectivity index (χ1n) is 8.10. The zero-order valence-corrected chi connectivity index (χ0v) is 12.0. The van der Waals surface area contributed by atoms with Gasteiger partial charge in [0, 0.05) is 0 Å². The van der Waals surface area contributed by atoms with Gasteiger partial charge in [0.15, 0.2) is 0 Å². The van der Waals surface area contributed by atoms with Crippen molar-refractivity contribution in [3.05, 3.63) is 0 Å². The molecule has 102 valence electrons. The molecule has 0 aromatic heterocycles. The third-order valence-electron chi connectivity index (χ3n) is 6.89. The Morgan fingerprint density at radius 3 is 2.00 bits per heavy atom. The molecule has 0 amide bonds. The van der Waals surface area contributed by atoms with E-state index in [0.717, 1.165) is 5.92 Å². The smallest absolute Gasteiger partial charge is 0.0625 e. The van der Waals surface area contributed by atoms with Gasteiger partial charge in [-0.25, -0.2) is 0 Å². The second-order valence-electron chi connectivity index (χ2n) is 9.13. The molecule has 5 aliphatic rings. The molecule has 1 N–H and O–H groups in total. The quantitative estimate of drug-likeness (QED) is 0.778. The molecule has 0 spiro atoms. The maximum absolute atomic E-state index is 11.0. The predicted molar refractivity (Wildman–Crippen MR) is 73.2 cm³/mol. The summed E-state index contributed by atoms with van der Waals surface area (Å²) in [6.45, 7) is 5.02. The van der Waals surface area contributed by atoms with Crippen molar-refractivity contribution in [1.82, 2.24) is 0 Å². The van der Waals surface area contributed by atoms with Crippen LogP contribution in [0.5, 0.6) is 0 Å². The molecule has 5 saturated carbocycles. The molecule has 4 bridgehead atoms. The Morgan fingerprint density at radius 1 is 0.944 bits per heavy atom. The van der Waals surface area contributed by atoms with E-state index in [1.807, 2.05) is 0 Å². The summed E-state index contributed by atoms with van der Waals surface area (Å²) < 4.78 is 0. The molecule has 0 radical (unpaired) electrons. The third kappa shape index (κ3) is 1.49. The van der Waals surface area contributed by atoms with Crippen LogP contribution in [0.25, 0.3) is 0 Å². The lowest BCUT2D eigenvalue weighted by molar-refractivity contribution is -0.201. The lowest BCUT2D eigenvalue weighted by Crippen LogP contribution is -2.60. The van der Waals surface area contributed by atoms with Crippen molar-refractivity contribution in [3.8, 4) is 0 Å². The van der Waals surface area contributed by atoms with E-state index < -0.39 is 0 Å². The van der Waals surface area contributed by atoms with Crippen molar-refractivity contribution < 1.29 is 5.11 Å². The molecular weight excluding hydrogens is 220 g/mol. The summed E-state index contributed by atoms with van der Waals surface area (Å²) in [6.07, 6.45) is 12.3. The van der Waals surface area contributed by atoms with Gasteiger partial charge in [-0.3, -0.25) is 0 Å². The summed E-state index contributed by atoms with van der Waals surface area (Å²) in [5.41, 5.74) is 1.42. The largest absolute Gasteiger partial charge is 0.392 e. The van der Waals surface area contributed by atoms with Crippen LogP contribution in [0.4, 0.5) is 0 Å². The van der Waals surface area contributed by atoms with Crippen LogP contribution in [0.3, 0.4) is 0 Å². The molecule has 0 heterocycles. The van der Waals surface area contributed by atoms with E-state index in [9.17, 15) is 5.11 Å². The maximum atomic E-state index is 11.0. The van der Waals surface area contributed by atoms with Crippen molar-refractivity contribution in [2.75, 3.05) is 0 Å². The summed E-state index contributed by atoms with van der Waals surface area (Å²) in [5.74, 6) is 1.57. The second kappa shape index (κ2) is 3.34. The van der Waals surface area contributed by atoms with Gasteiger partial charge < -0.3 is 5.11 Å². The first-order chi connectivity index (χ1) is 8.42. The number of aliphatic hydroxyl groups excluding tert-OH is 1. The number of hydrogen-bond acceptors (Lipinski definition) is 1. The van der Waals surface area contributed by atoms with Crippen molar-refractivity contribution in [3.63, 3.8) is 0 Å². The molecule has 1 heteroatoms. The van der Waals surface area contributed by atoms with E-state index in [1.165, 1.54) is 57.8 Å². The molecular formula is C17H28O. The lowest BCUT2D eigenvalue weighted by Gasteiger charge is -2.67. The van der Waals surface area contributed by atoms with Crippen molar-refractivity contribution in [1.29, 1.82) is 0 Å². The Labute approximate surface area is 111 Å². The van der Waals surface area contributed by atoms with E-state index in [-0.39, 0.29) is 6.10 Å². The van der Waals surface area contributed by atoms with Crippen molar-refractivity contribution in [2.45, 2.75) is 77.7 Å². The summed E-state index contributed by atoms with van der Waals surface area (Å²) in [6, 6.07) is 0. The third-order valence-corrected chi connectivity index (χ3v) is 6.89. The summed E-state index contributed by atoms with van der Waals surface area (Å²) in [4.78, 5) is 0. The van der Waals surface area contributed by atoms with E-state index in [0.29, 0.717) is 22.2 Å². The number of hydrogen-bond donors (Lipinski definition) is 1. The molecule has 5 aliphatic carbocycles. The summed E-state index contributed by atoms with van der Waals surface area (Å²) >= 11 is 0. The van der Waals surface area contributed by atoms with Crippen LogP contribution < -0.4 is 0 Å². The highest BCUT2D eigenvalue weighted by Crippen LogP contribution is 2.71. The first kappa shape index (κ1) is 11.8. The highest BCUT2D eigenvalue weighted by molar-refractivity contribution is 5.13. The fraction of sp³-hybridized carbons (Fsp3) is 1.00. The SMILES string of the molecule is CC12CC3CC(C)(C1)CC(C(O)C1CCC1)(C3)C2. The summed E-state index contributed by atoms with van der Waals surface area (Å²) in [5, 5.41) is 11.0. The fourth-order valence-corrected chi connectivity index (χ4v) is 7.12. The van der Waals surface area contributed by atoms with Gasteiger partial charge >= 0.3 is 0 Å². The van der Waals surface area contributed by atoms with Gasteiger partial charge in [-0.1, -0.05) is 20.3 Å². The first-order valence-corrected chi connectivity index (χ1v) is 8.10. The van der Waals surface area contributed by atoms with Crippen molar-refractivity contribution >= 4 is 0 Å². The van der Waals surface area contributed by atoms with Gasteiger partial charge in [-0.15, -0.1) is 0 Å². The molecule has 3 atom stereocenters. The maximum Gasteiger partial charge on any atom is 0.0625 e. The molecule has 0 aromatic carbocycles. The topological polar surface area (TPSA) is 20.2 Å². The van der Waals surface area contributed by atoms with E-state index in [4.69, 9.17) is 0 Å². The van der Waals surface area contributed by atoms with E-state index in [1.54, 1.807) is 0 Å². The minimum absolute atomic E-state index is 0.0216. The Bertz CT molecular complexity index is 352. The van der Waals surface area contributed by atoms with Crippen molar-refractivity contribution in [2.24, 2.45) is 28.1 Å². The van der Waals surface area contributed by atoms with Gasteiger partial charge in [0.05, 0.1) is 6.10 Å².